The molecule has 0 amide bonds. The van der Waals surface area contributed by atoms with Gasteiger partial charge in [0.25, 0.3) is 10.0 Å². The van der Waals surface area contributed by atoms with E-state index in [1.54, 1.807) is 6.07 Å². The summed E-state index contributed by atoms with van der Waals surface area (Å²) in [6.07, 6.45) is 0.809. The zero-order valence-electron chi connectivity index (χ0n) is 13.3. The predicted octanol–water partition coefficient (Wildman–Crippen LogP) is 3.15. The van der Waals surface area contributed by atoms with Crippen LogP contribution in [0.3, 0.4) is 0 Å². The Bertz CT molecular complexity index is 945. The minimum Gasteiger partial charge on any atom is -0.338 e. The lowest BCUT2D eigenvalue weighted by atomic mass is 10.1. The molecule has 3 aromatic rings. The molecule has 0 bridgehead atoms. The van der Waals surface area contributed by atoms with Gasteiger partial charge in [0.15, 0.2) is 0 Å². The van der Waals surface area contributed by atoms with Gasteiger partial charge in [0.2, 0.25) is 11.7 Å². The molecule has 0 aliphatic heterocycles. The van der Waals surface area contributed by atoms with Crippen molar-refractivity contribution >= 4 is 21.4 Å². The van der Waals surface area contributed by atoms with Gasteiger partial charge < -0.3 is 4.52 Å². The van der Waals surface area contributed by atoms with Crippen molar-refractivity contribution in [3.63, 3.8) is 0 Å². The molecule has 8 heteroatoms. The van der Waals surface area contributed by atoms with Gasteiger partial charge in [0.05, 0.1) is 6.54 Å². The lowest BCUT2D eigenvalue weighted by molar-refractivity contribution is 0.376. The quantitative estimate of drug-likeness (QED) is 0.727. The summed E-state index contributed by atoms with van der Waals surface area (Å²) in [7, 11) is -3.57. The second kappa shape index (κ2) is 6.84. The normalized spacial score (nSPS) is 11.8. The monoisotopic (exact) mass is 363 g/mol. The second-order valence-corrected chi connectivity index (χ2v) is 8.39. The molecule has 2 heterocycles. The SMILES string of the molecule is CCc1ccc(S(=O)(=O)NCc2nc(-c3ccccc3C)no2)s1. The van der Waals surface area contributed by atoms with E-state index in [0.717, 1.165) is 22.4 Å². The molecule has 0 aliphatic carbocycles. The van der Waals surface area contributed by atoms with Crippen molar-refractivity contribution in [2.45, 2.75) is 31.0 Å². The largest absolute Gasteiger partial charge is 0.338 e. The Balaban J connectivity index is 1.72. The Kier molecular flexibility index (Phi) is 4.79. The van der Waals surface area contributed by atoms with E-state index in [-0.39, 0.29) is 16.6 Å². The fourth-order valence-electron chi connectivity index (χ4n) is 2.18. The Morgan fingerprint density at radius 2 is 2.00 bits per heavy atom. The molecule has 0 atom stereocenters. The van der Waals surface area contributed by atoms with Crippen molar-refractivity contribution in [1.29, 1.82) is 0 Å². The first kappa shape index (κ1) is 16.8. The Morgan fingerprint density at radius 1 is 1.21 bits per heavy atom. The smallest absolute Gasteiger partial charge is 0.250 e. The zero-order chi connectivity index (χ0) is 17.2. The van der Waals surface area contributed by atoms with Gasteiger partial charge in [-0.3, -0.25) is 0 Å². The molecule has 0 saturated carbocycles. The van der Waals surface area contributed by atoms with Crippen molar-refractivity contribution in [2.24, 2.45) is 0 Å². The molecule has 3 rings (SSSR count). The van der Waals surface area contributed by atoms with E-state index in [2.05, 4.69) is 14.9 Å². The lowest BCUT2D eigenvalue weighted by Gasteiger charge is -2.01. The molecule has 1 N–H and O–H groups in total. The molecule has 0 aliphatic rings. The molecule has 0 unspecified atom stereocenters. The van der Waals surface area contributed by atoms with Crippen LogP contribution in [0.4, 0.5) is 0 Å². The molecular formula is C16H17N3O3S2. The number of nitrogens with zero attached hydrogens (tertiary/aromatic N) is 2. The lowest BCUT2D eigenvalue weighted by Crippen LogP contribution is -2.22. The summed E-state index contributed by atoms with van der Waals surface area (Å²) in [5.41, 5.74) is 1.89. The van der Waals surface area contributed by atoms with Crippen molar-refractivity contribution < 1.29 is 12.9 Å². The maximum Gasteiger partial charge on any atom is 0.250 e. The number of hydrogen-bond donors (Lipinski definition) is 1. The molecule has 6 nitrogen and oxygen atoms in total. The van der Waals surface area contributed by atoms with E-state index >= 15 is 0 Å². The number of hydrogen-bond acceptors (Lipinski definition) is 6. The third-order valence-electron chi connectivity index (χ3n) is 3.52. The maximum absolute atomic E-state index is 12.3. The number of aryl methyl sites for hydroxylation is 2. The van der Waals surface area contributed by atoms with Crippen LogP contribution in [-0.2, 0) is 23.0 Å². The van der Waals surface area contributed by atoms with E-state index in [4.69, 9.17) is 4.52 Å². The first-order valence-electron chi connectivity index (χ1n) is 7.46. The summed E-state index contributed by atoms with van der Waals surface area (Å²) < 4.78 is 32.5. The molecule has 126 valence electrons. The zero-order valence-corrected chi connectivity index (χ0v) is 14.9. The number of aromatic nitrogens is 2. The molecular weight excluding hydrogens is 346 g/mol. The topological polar surface area (TPSA) is 85.1 Å². The highest BCUT2D eigenvalue weighted by Gasteiger charge is 2.18. The Hall–Kier alpha value is -2.03. The van der Waals surface area contributed by atoms with Gasteiger partial charge in [-0.1, -0.05) is 36.3 Å². The average molecular weight is 363 g/mol. The van der Waals surface area contributed by atoms with E-state index in [1.807, 2.05) is 44.2 Å². The van der Waals surface area contributed by atoms with Gasteiger partial charge in [-0.25, -0.2) is 13.1 Å². The number of thiophene rings is 1. The fourth-order valence-corrected chi connectivity index (χ4v) is 4.50. The van der Waals surface area contributed by atoms with Crippen molar-refractivity contribution in [3.8, 4) is 11.4 Å². The van der Waals surface area contributed by atoms with Crippen LogP contribution in [-0.4, -0.2) is 18.6 Å². The van der Waals surface area contributed by atoms with Crippen molar-refractivity contribution in [2.75, 3.05) is 0 Å². The second-order valence-electron chi connectivity index (χ2n) is 5.23. The van der Waals surface area contributed by atoms with Crippen LogP contribution in [0, 0.1) is 6.92 Å². The standard InChI is InChI=1S/C16H17N3O3S2/c1-3-12-8-9-15(23-12)24(20,21)17-10-14-18-16(19-22-14)13-7-5-4-6-11(13)2/h4-9,17H,3,10H2,1-2H3. The fraction of sp³-hybridized carbons (Fsp3) is 0.250. The van der Waals surface area contributed by atoms with Crippen molar-refractivity contribution in [1.82, 2.24) is 14.9 Å². The van der Waals surface area contributed by atoms with Crippen LogP contribution in [0.25, 0.3) is 11.4 Å². The van der Waals surface area contributed by atoms with Gasteiger partial charge in [-0.05, 0) is 31.0 Å². The average Bonchev–Trinajstić information content (AvgIpc) is 3.23. The van der Waals surface area contributed by atoms with Gasteiger partial charge in [-0.2, -0.15) is 4.98 Å². The maximum atomic E-state index is 12.3. The summed E-state index contributed by atoms with van der Waals surface area (Å²) in [5.74, 6) is 0.677. The first-order chi connectivity index (χ1) is 11.5. The molecule has 0 radical (unpaired) electrons. The van der Waals surface area contributed by atoms with Crippen LogP contribution in [0.1, 0.15) is 23.3 Å². The summed E-state index contributed by atoms with van der Waals surface area (Å²) in [5, 5.41) is 3.92. The van der Waals surface area contributed by atoms with E-state index in [9.17, 15) is 8.42 Å². The third-order valence-corrected chi connectivity index (χ3v) is 6.64. The predicted molar refractivity (Wildman–Crippen MR) is 92.2 cm³/mol. The number of benzene rings is 1. The molecule has 0 fully saturated rings. The van der Waals surface area contributed by atoms with E-state index < -0.39 is 10.0 Å². The molecule has 0 saturated heterocycles. The summed E-state index contributed by atoms with van der Waals surface area (Å²) in [6.45, 7) is 3.90. The minimum atomic E-state index is -3.57. The van der Waals surface area contributed by atoms with E-state index in [1.165, 1.54) is 11.3 Å². The minimum absolute atomic E-state index is 0.0411. The number of sulfonamides is 1. The molecule has 2 aromatic heterocycles. The molecule has 24 heavy (non-hydrogen) atoms. The summed E-state index contributed by atoms with van der Waals surface area (Å²) in [6, 6.07) is 11.1. The Morgan fingerprint density at radius 3 is 2.71 bits per heavy atom. The summed E-state index contributed by atoms with van der Waals surface area (Å²) >= 11 is 1.26. The number of rotatable bonds is 6. The van der Waals surface area contributed by atoms with E-state index in [0.29, 0.717) is 5.82 Å². The van der Waals surface area contributed by atoms with Crippen LogP contribution >= 0.6 is 11.3 Å². The highest BCUT2D eigenvalue weighted by atomic mass is 32.2. The van der Waals surface area contributed by atoms with Gasteiger partial charge in [0, 0.05) is 10.4 Å². The van der Waals surface area contributed by atoms with Crippen LogP contribution in [0.5, 0.6) is 0 Å². The molecule has 1 aromatic carbocycles. The van der Waals surface area contributed by atoms with Crippen LogP contribution in [0.2, 0.25) is 0 Å². The third kappa shape index (κ3) is 3.55. The highest BCUT2D eigenvalue weighted by Crippen LogP contribution is 2.22. The van der Waals surface area contributed by atoms with Gasteiger partial charge >= 0.3 is 0 Å². The van der Waals surface area contributed by atoms with Crippen LogP contribution < -0.4 is 4.72 Å². The van der Waals surface area contributed by atoms with Crippen LogP contribution in [0.15, 0.2) is 45.1 Å². The first-order valence-corrected chi connectivity index (χ1v) is 9.76. The highest BCUT2D eigenvalue weighted by molar-refractivity contribution is 7.91. The Labute approximate surface area is 144 Å². The molecule has 0 spiro atoms. The summed E-state index contributed by atoms with van der Waals surface area (Å²) in [4.78, 5) is 5.28. The van der Waals surface area contributed by atoms with Crippen molar-refractivity contribution in [3.05, 3.63) is 52.7 Å². The van der Waals surface area contributed by atoms with Gasteiger partial charge in [0.1, 0.15) is 4.21 Å². The van der Waals surface area contributed by atoms with Gasteiger partial charge in [-0.15, -0.1) is 11.3 Å². The number of nitrogens with one attached hydrogen (secondary N) is 1.